The van der Waals surface area contributed by atoms with Crippen molar-refractivity contribution in [1.82, 2.24) is 0 Å². The molecule has 3 aliphatic rings. The standard InChI is InChI=1S/C32H49FO6/c1-3-31(34)38-22-8-6-5-7-21-37-28-18-14-26(15-19-28)32(35)39-30-20-13-25(23-29(30)33)10-9-24-11-16-27(17-12-24)36-4-2/h3,24-30H,1,4-8,11-23H2,2H3. The lowest BCUT2D eigenvalue weighted by Gasteiger charge is -2.32. The van der Waals surface area contributed by atoms with Gasteiger partial charge in [0.15, 0.2) is 0 Å². The Bertz CT molecular complexity index is 803. The number of halogens is 1. The third kappa shape index (κ3) is 11.6. The number of hydrogen-bond donors (Lipinski definition) is 0. The predicted octanol–water partition coefficient (Wildman–Crippen LogP) is 6.50. The molecule has 3 unspecified atom stereocenters. The van der Waals surface area contributed by atoms with Crippen molar-refractivity contribution in [3.8, 4) is 11.8 Å². The summed E-state index contributed by atoms with van der Waals surface area (Å²) in [5, 5.41) is 0. The molecule has 0 aromatic rings. The summed E-state index contributed by atoms with van der Waals surface area (Å²) in [6.07, 6.45) is 12.9. The van der Waals surface area contributed by atoms with E-state index in [-0.39, 0.29) is 29.9 Å². The fourth-order valence-corrected chi connectivity index (χ4v) is 5.95. The Morgan fingerprint density at radius 3 is 2.10 bits per heavy atom. The molecule has 220 valence electrons. The van der Waals surface area contributed by atoms with Gasteiger partial charge >= 0.3 is 11.9 Å². The van der Waals surface area contributed by atoms with Crippen molar-refractivity contribution in [2.45, 2.75) is 128 Å². The fraction of sp³-hybridized carbons (Fsp3) is 0.812. The van der Waals surface area contributed by atoms with E-state index in [9.17, 15) is 14.0 Å². The van der Waals surface area contributed by atoms with Crippen LogP contribution in [-0.4, -0.2) is 56.2 Å². The molecule has 3 aliphatic carbocycles. The van der Waals surface area contributed by atoms with E-state index in [4.69, 9.17) is 18.9 Å². The summed E-state index contributed by atoms with van der Waals surface area (Å²) in [4.78, 5) is 23.7. The van der Waals surface area contributed by atoms with Crippen molar-refractivity contribution in [3.05, 3.63) is 12.7 Å². The first kappa shape index (κ1) is 31.6. The molecule has 0 radical (unpaired) electrons. The minimum atomic E-state index is -1.13. The number of hydrogen-bond acceptors (Lipinski definition) is 6. The number of carbonyl (C=O) groups excluding carboxylic acids is 2. The van der Waals surface area contributed by atoms with Crippen LogP contribution in [0.4, 0.5) is 4.39 Å². The van der Waals surface area contributed by atoms with Gasteiger partial charge in [-0.3, -0.25) is 4.79 Å². The molecule has 6 nitrogen and oxygen atoms in total. The average molecular weight is 549 g/mol. The summed E-state index contributed by atoms with van der Waals surface area (Å²) < 4.78 is 37.3. The number of unbranched alkanes of at least 4 members (excludes halogenated alkanes) is 3. The zero-order chi connectivity index (χ0) is 27.9. The number of alkyl halides is 1. The fourth-order valence-electron chi connectivity index (χ4n) is 5.95. The normalized spacial score (nSPS) is 31.0. The van der Waals surface area contributed by atoms with Gasteiger partial charge < -0.3 is 18.9 Å². The molecule has 3 fully saturated rings. The van der Waals surface area contributed by atoms with Crippen molar-refractivity contribution in [1.29, 1.82) is 0 Å². The summed E-state index contributed by atoms with van der Waals surface area (Å²) in [6, 6.07) is 0. The lowest BCUT2D eigenvalue weighted by atomic mass is 9.84. The molecule has 0 N–H and O–H groups in total. The Labute approximate surface area is 234 Å². The second kappa shape index (κ2) is 17.7. The molecule has 0 saturated heterocycles. The molecule has 0 aliphatic heterocycles. The predicted molar refractivity (Wildman–Crippen MR) is 149 cm³/mol. The molecule has 0 aromatic heterocycles. The smallest absolute Gasteiger partial charge is 0.330 e. The van der Waals surface area contributed by atoms with Gasteiger partial charge in [0.05, 0.1) is 24.7 Å². The van der Waals surface area contributed by atoms with Crippen LogP contribution < -0.4 is 0 Å². The van der Waals surface area contributed by atoms with E-state index in [1.54, 1.807) is 0 Å². The largest absolute Gasteiger partial charge is 0.463 e. The highest BCUT2D eigenvalue weighted by Gasteiger charge is 2.35. The number of esters is 2. The molecule has 3 atom stereocenters. The summed E-state index contributed by atoms with van der Waals surface area (Å²) in [5.74, 6) is 6.44. The molecule has 0 heterocycles. The van der Waals surface area contributed by atoms with Crippen LogP contribution in [0, 0.1) is 29.6 Å². The summed E-state index contributed by atoms with van der Waals surface area (Å²) in [5.41, 5.74) is 0. The van der Waals surface area contributed by atoms with Crippen LogP contribution in [0.25, 0.3) is 0 Å². The molecule has 7 heteroatoms. The van der Waals surface area contributed by atoms with E-state index >= 15 is 0 Å². The van der Waals surface area contributed by atoms with E-state index in [0.717, 1.165) is 90.1 Å². The van der Waals surface area contributed by atoms with Crippen molar-refractivity contribution in [2.24, 2.45) is 17.8 Å². The highest BCUT2D eigenvalue weighted by Crippen LogP contribution is 2.33. The summed E-state index contributed by atoms with van der Waals surface area (Å²) in [6.45, 7) is 7.32. The van der Waals surface area contributed by atoms with Crippen molar-refractivity contribution >= 4 is 11.9 Å². The van der Waals surface area contributed by atoms with E-state index in [1.807, 2.05) is 6.92 Å². The minimum absolute atomic E-state index is 0.0574. The third-order valence-corrected chi connectivity index (χ3v) is 8.36. The van der Waals surface area contributed by atoms with E-state index < -0.39 is 12.3 Å². The first-order chi connectivity index (χ1) is 19.0. The van der Waals surface area contributed by atoms with Crippen LogP contribution in [0.1, 0.15) is 103 Å². The van der Waals surface area contributed by atoms with Crippen LogP contribution in [0.3, 0.4) is 0 Å². The maximum absolute atomic E-state index is 14.9. The monoisotopic (exact) mass is 548 g/mol. The Morgan fingerprint density at radius 1 is 0.821 bits per heavy atom. The maximum Gasteiger partial charge on any atom is 0.330 e. The summed E-state index contributed by atoms with van der Waals surface area (Å²) >= 11 is 0. The van der Waals surface area contributed by atoms with Gasteiger partial charge in [0, 0.05) is 31.1 Å². The van der Waals surface area contributed by atoms with E-state index in [2.05, 4.69) is 18.4 Å². The van der Waals surface area contributed by atoms with Gasteiger partial charge in [-0.05, 0) is 96.8 Å². The Kier molecular flexibility index (Phi) is 14.4. The second-order valence-electron chi connectivity index (χ2n) is 11.3. The van der Waals surface area contributed by atoms with Crippen LogP contribution in [0.15, 0.2) is 12.7 Å². The third-order valence-electron chi connectivity index (χ3n) is 8.36. The lowest BCUT2D eigenvalue weighted by Crippen LogP contribution is -2.37. The lowest BCUT2D eigenvalue weighted by molar-refractivity contribution is -0.162. The van der Waals surface area contributed by atoms with Gasteiger partial charge in [-0.25, -0.2) is 9.18 Å². The Hall–Kier alpha value is -1.91. The van der Waals surface area contributed by atoms with Crippen LogP contribution in [0.2, 0.25) is 0 Å². The molecular weight excluding hydrogens is 499 g/mol. The van der Waals surface area contributed by atoms with Crippen LogP contribution in [-0.2, 0) is 28.5 Å². The van der Waals surface area contributed by atoms with E-state index in [0.29, 0.717) is 38.1 Å². The quantitative estimate of drug-likeness (QED) is 0.113. The molecular formula is C32H49FO6. The van der Waals surface area contributed by atoms with Crippen LogP contribution >= 0.6 is 0 Å². The van der Waals surface area contributed by atoms with Gasteiger partial charge in [-0.15, -0.1) is 0 Å². The molecule has 0 amide bonds. The molecule has 39 heavy (non-hydrogen) atoms. The van der Waals surface area contributed by atoms with Crippen molar-refractivity contribution < 1.29 is 32.9 Å². The molecule has 3 rings (SSSR count). The highest BCUT2D eigenvalue weighted by molar-refractivity contribution is 5.81. The average Bonchev–Trinajstić information content (AvgIpc) is 2.95. The number of rotatable bonds is 13. The van der Waals surface area contributed by atoms with Gasteiger partial charge in [0.1, 0.15) is 12.3 Å². The van der Waals surface area contributed by atoms with Crippen molar-refractivity contribution in [3.63, 3.8) is 0 Å². The van der Waals surface area contributed by atoms with Gasteiger partial charge in [0.25, 0.3) is 0 Å². The van der Waals surface area contributed by atoms with Gasteiger partial charge in [-0.1, -0.05) is 24.8 Å². The topological polar surface area (TPSA) is 71.1 Å². The van der Waals surface area contributed by atoms with E-state index in [1.165, 1.54) is 6.08 Å². The zero-order valence-corrected chi connectivity index (χ0v) is 23.9. The Morgan fingerprint density at radius 2 is 1.44 bits per heavy atom. The summed E-state index contributed by atoms with van der Waals surface area (Å²) in [7, 11) is 0. The second-order valence-corrected chi connectivity index (χ2v) is 11.3. The van der Waals surface area contributed by atoms with Gasteiger partial charge in [0.2, 0.25) is 0 Å². The molecule has 0 bridgehead atoms. The van der Waals surface area contributed by atoms with Gasteiger partial charge in [-0.2, -0.15) is 0 Å². The zero-order valence-electron chi connectivity index (χ0n) is 23.9. The molecule has 3 saturated carbocycles. The maximum atomic E-state index is 14.9. The molecule has 0 aromatic carbocycles. The first-order valence-electron chi connectivity index (χ1n) is 15.4. The highest BCUT2D eigenvalue weighted by atomic mass is 19.1. The number of carbonyl (C=O) groups is 2. The number of ether oxygens (including phenoxy) is 4. The first-order valence-corrected chi connectivity index (χ1v) is 15.4. The molecule has 0 spiro atoms. The minimum Gasteiger partial charge on any atom is -0.463 e. The van der Waals surface area contributed by atoms with Crippen molar-refractivity contribution in [2.75, 3.05) is 19.8 Å². The van der Waals surface area contributed by atoms with Crippen LogP contribution in [0.5, 0.6) is 0 Å². The Balaban J connectivity index is 1.24. The SMILES string of the molecule is C=CC(=O)OCCCCCCOC1CCC(C(=O)OC2CCC(C#CC3CCC(OCC)CC3)CC2F)CC1.